The van der Waals surface area contributed by atoms with Crippen molar-refractivity contribution in [3.05, 3.63) is 11.4 Å². The molecule has 1 aliphatic rings. The lowest BCUT2D eigenvalue weighted by molar-refractivity contribution is 0.147. The lowest BCUT2D eigenvalue weighted by Gasteiger charge is -2.13. The maximum atomic E-state index is 10.4. The third-order valence-corrected chi connectivity index (χ3v) is 4.19. The maximum absolute atomic E-state index is 10.4. The molecule has 0 bridgehead atoms. The number of fused-ring (bicyclic) bond motifs is 1. The van der Waals surface area contributed by atoms with E-state index < -0.39 is 15.6 Å². The molecule has 0 aromatic carbocycles. The summed E-state index contributed by atoms with van der Waals surface area (Å²) in [6.07, 6.45) is 0.994. The standard InChI is InChI=1S/C6H6O2S.C5H12O4S/c1-4-9-6-5(1)7-2-3-8-6;1-3-4-5(9-2)10(6,7)8/h1,4H,2-3H2;5H,3-4H2,1-2H3,(H,6,7,8). The van der Waals surface area contributed by atoms with Crippen LogP contribution in [-0.2, 0) is 14.9 Å². The van der Waals surface area contributed by atoms with Crippen LogP contribution in [0.3, 0.4) is 0 Å². The highest BCUT2D eigenvalue weighted by molar-refractivity contribution is 7.86. The average molecular weight is 310 g/mol. The van der Waals surface area contributed by atoms with Crippen molar-refractivity contribution >= 4 is 21.5 Å². The first-order valence-corrected chi connectivity index (χ1v) is 8.19. The lowest BCUT2D eigenvalue weighted by Crippen LogP contribution is -2.21. The quantitative estimate of drug-likeness (QED) is 0.858. The molecule has 2 rings (SSSR count). The van der Waals surface area contributed by atoms with Crippen LogP contribution in [-0.4, -0.2) is 38.7 Å². The van der Waals surface area contributed by atoms with Gasteiger partial charge in [-0.05, 0) is 17.9 Å². The molecule has 0 aliphatic carbocycles. The van der Waals surface area contributed by atoms with Gasteiger partial charge < -0.3 is 14.2 Å². The molecule has 1 unspecified atom stereocenters. The number of hydrogen-bond donors (Lipinski definition) is 1. The van der Waals surface area contributed by atoms with E-state index in [2.05, 4.69) is 4.74 Å². The molecule has 1 aliphatic heterocycles. The molecule has 1 aromatic heterocycles. The van der Waals surface area contributed by atoms with Gasteiger partial charge in [-0.2, -0.15) is 8.42 Å². The molecule has 0 radical (unpaired) electrons. The van der Waals surface area contributed by atoms with E-state index in [4.69, 9.17) is 14.0 Å². The smallest absolute Gasteiger partial charge is 0.292 e. The summed E-state index contributed by atoms with van der Waals surface area (Å²) in [6, 6.07) is 1.93. The fraction of sp³-hybridized carbons (Fsp3) is 0.636. The molecule has 1 atom stereocenters. The van der Waals surface area contributed by atoms with E-state index in [1.54, 1.807) is 11.3 Å². The Bertz CT molecular complexity index is 447. The fourth-order valence-electron chi connectivity index (χ4n) is 1.41. The van der Waals surface area contributed by atoms with Crippen molar-refractivity contribution in [3.63, 3.8) is 0 Å². The van der Waals surface area contributed by atoms with E-state index in [0.29, 0.717) is 26.1 Å². The first kappa shape index (κ1) is 16.2. The van der Waals surface area contributed by atoms with Crippen LogP contribution in [0.5, 0.6) is 10.8 Å². The van der Waals surface area contributed by atoms with E-state index in [1.807, 2.05) is 18.4 Å². The van der Waals surface area contributed by atoms with E-state index in [0.717, 1.165) is 10.8 Å². The van der Waals surface area contributed by atoms with Gasteiger partial charge in [0.05, 0.1) is 0 Å². The molecule has 110 valence electrons. The SMILES string of the molecule is CCCC(OC)S(=O)(=O)O.c1cc2c(s1)OCCO2. The van der Waals surface area contributed by atoms with Gasteiger partial charge in [0.15, 0.2) is 11.2 Å². The van der Waals surface area contributed by atoms with Crippen LogP contribution in [0.4, 0.5) is 0 Å². The van der Waals surface area contributed by atoms with Crippen LogP contribution in [0, 0.1) is 0 Å². The summed E-state index contributed by atoms with van der Waals surface area (Å²) in [5.41, 5.74) is -1.06. The van der Waals surface area contributed by atoms with Crippen molar-refractivity contribution in [3.8, 4) is 10.8 Å². The van der Waals surface area contributed by atoms with Crippen LogP contribution < -0.4 is 9.47 Å². The van der Waals surface area contributed by atoms with Gasteiger partial charge in [-0.15, -0.1) is 11.3 Å². The van der Waals surface area contributed by atoms with Gasteiger partial charge in [0.1, 0.15) is 13.2 Å². The molecule has 0 saturated heterocycles. The summed E-state index contributed by atoms with van der Waals surface area (Å²) >= 11 is 1.58. The molecule has 0 amide bonds. The van der Waals surface area contributed by atoms with Gasteiger partial charge in [-0.1, -0.05) is 13.3 Å². The lowest BCUT2D eigenvalue weighted by atomic mass is 10.4. The third-order valence-electron chi connectivity index (χ3n) is 2.29. The second-order valence-corrected chi connectivity index (χ2v) is 6.17. The van der Waals surface area contributed by atoms with Gasteiger partial charge in [-0.25, -0.2) is 0 Å². The summed E-state index contributed by atoms with van der Waals surface area (Å²) in [4.78, 5) is 0. The predicted octanol–water partition coefficient (Wildman–Crippen LogP) is 2.17. The van der Waals surface area contributed by atoms with Crippen molar-refractivity contribution in [1.29, 1.82) is 0 Å². The minimum absolute atomic E-state index is 0.329. The van der Waals surface area contributed by atoms with Crippen LogP contribution in [0.1, 0.15) is 19.8 Å². The van der Waals surface area contributed by atoms with Gasteiger partial charge >= 0.3 is 0 Å². The first-order valence-electron chi connectivity index (χ1n) is 5.81. The Labute approximate surface area is 117 Å². The van der Waals surface area contributed by atoms with Gasteiger partial charge in [-0.3, -0.25) is 4.55 Å². The Balaban J connectivity index is 0.000000190. The zero-order chi connectivity index (χ0) is 14.3. The van der Waals surface area contributed by atoms with Crippen LogP contribution >= 0.6 is 11.3 Å². The van der Waals surface area contributed by atoms with Crippen molar-refractivity contribution in [1.82, 2.24) is 0 Å². The highest BCUT2D eigenvalue weighted by atomic mass is 32.2. The summed E-state index contributed by atoms with van der Waals surface area (Å²) < 4.78 is 44.2. The highest BCUT2D eigenvalue weighted by Gasteiger charge is 2.20. The molecule has 0 spiro atoms. The number of thiophene rings is 1. The molecular formula is C11H18O6S2. The monoisotopic (exact) mass is 310 g/mol. The molecule has 1 N–H and O–H groups in total. The molecule has 0 fully saturated rings. The van der Waals surface area contributed by atoms with Crippen molar-refractivity contribution < 1.29 is 27.2 Å². The average Bonchev–Trinajstić information content (AvgIpc) is 2.83. The van der Waals surface area contributed by atoms with Gasteiger partial charge in [0.25, 0.3) is 10.1 Å². The zero-order valence-electron chi connectivity index (χ0n) is 10.9. The minimum Gasteiger partial charge on any atom is -0.485 e. The van der Waals surface area contributed by atoms with Crippen molar-refractivity contribution in [2.45, 2.75) is 25.2 Å². The molecule has 2 heterocycles. The number of methoxy groups -OCH3 is 1. The van der Waals surface area contributed by atoms with E-state index in [1.165, 1.54) is 7.11 Å². The largest absolute Gasteiger partial charge is 0.485 e. The van der Waals surface area contributed by atoms with E-state index in [-0.39, 0.29) is 0 Å². The van der Waals surface area contributed by atoms with Crippen molar-refractivity contribution in [2.75, 3.05) is 20.3 Å². The Morgan fingerprint density at radius 2 is 2.16 bits per heavy atom. The number of ether oxygens (including phenoxy) is 3. The van der Waals surface area contributed by atoms with Crippen LogP contribution in [0.15, 0.2) is 11.4 Å². The van der Waals surface area contributed by atoms with E-state index in [9.17, 15) is 8.42 Å². The first-order chi connectivity index (χ1) is 8.99. The summed E-state index contributed by atoms with van der Waals surface area (Å²) in [6.45, 7) is 3.19. The third kappa shape index (κ3) is 5.35. The minimum atomic E-state index is -4.00. The Morgan fingerprint density at radius 1 is 1.47 bits per heavy atom. The second kappa shape index (κ2) is 7.68. The van der Waals surface area contributed by atoms with Gasteiger partial charge in [0.2, 0.25) is 5.06 Å². The Morgan fingerprint density at radius 3 is 2.63 bits per heavy atom. The zero-order valence-corrected chi connectivity index (χ0v) is 12.5. The molecule has 6 nitrogen and oxygen atoms in total. The summed E-state index contributed by atoms with van der Waals surface area (Å²) in [7, 11) is -2.74. The number of rotatable bonds is 4. The molecule has 0 saturated carbocycles. The van der Waals surface area contributed by atoms with E-state index >= 15 is 0 Å². The number of hydrogen-bond acceptors (Lipinski definition) is 6. The Kier molecular flexibility index (Phi) is 6.56. The molecular weight excluding hydrogens is 292 g/mol. The fourth-order valence-corrected chi connectivity index (χ4v) is 2.89. The Hall–Kier alpha value is -0.830. The van der Waals surface area contributed by atoms with Gasteiger partial charge in [0, 0.05) is 7.11 Å². The van der Waals surface area contributed by atoms with Crippen LogP contribution in [0.2, 0.25) is 0 Å². The highest BCUT2D eigenvalue weighted by Crippen LogP contribution is 2.35. The maximum Gasteiger partial charge on any atom is 0.292 e. The summed E-state index contributed by atoms with van der Waals surface area (Å²) in [5, 5.41) is 2.89. The topological polar surface area (TPSA) is 82.1 Å². The molecule has 19 heavy (non-hydrogen) atoms. The van der Waals surface area contributed by atoms with Crippen molar-refractivity contribution in [2.24, 2.45) is 0 Å². The predicted molar refractivity (Wildman–Crippen MR) is 72.6 cm³/mol. The second-order valence-electron chi connectivity index (χ2n) is 3.74. The molecule has 8 heteroatoms. The normalized spacial score (nSPS) is 15.3. The van der Waals surface area contributed by atoms with Crippen LogP contribution in [0.25, 0.3) is 0 Å². The summed E-state index contributed by atoms with van der Waals surface area (Å²) in [5.74, 6) is 0.895. The molecule has 1 aromatic rings.